The number of hydrogen-bond acceptors (Lipinski definition) is 4. The first kappa shape index (κ1) is 14.6. The van der Waals surface area contributed by atoms with Gasteiger partial charge in [-0.25, -0.2) is 17.5 Å². The van der Waals surface area contributed by atoms with E-state index in [0.29, 0.717) is 26.1 Å². The molecule has 2 heterocycles. The summed E-state index contributed by atoms with van der Waals surface area (Å²) in [6.07, 6.45) is 3.02. The van der Waals surface area contributed by atoms with E-state index >= 15 is 0 Å². The number of hydrogen-bond donors (Lipinski definition) is 1. The van der Waals surface area contributed by atoms with Crippen molar-refractivity contribution < 1.29 is 17.5 Å². The highest BCUT2D eigenvalue weighted by Crippen LogP contribution is 2.25. The molecule has 1 aromatic rings. The normalized spacial score (nSPS) is 19.3. The lowest BCUT2D eigenvalue weighted by Crippen LogP contribution is -2.53. The van der Waals surface area contributed by atoms with Crippen LogP contribution in [0, 0.1) is 5.82 Å². The molecule has 1 saturated heterocycles. The second kappa shape index (κ2) is 5.70. The molecule has 1 fully saturated rings. The molecule has 5 nitrogen and oxygen atoms in total. The van der Waals surface area contributed by atoms with Crippen molar-refractivity contribution in [3.05, 3.63) is 24.3 Å². The Morgan fingerprint density at radius 1 is 1.42 bits per heavy atom. The van der Waals surface area contributed by atoms with Gasteiger partial charge in [0.2, 0.25) is 10.0 Å². The Morgan fingerprint density at radius 2 is 2.11 bits per heavy atom. The second-order valence-corrected chi connectivity index (χ2v) is 6.42. The first-order valence-electron chi connectivity index (χ1n) is 5.76. The molecule has 1 aromatic heterocycles. The van der Waals surface area contributed by atoms with Crippen LogP contribution in [-0.4, -0.2) is 38.0 Å². The molecule has 0 amide bonds. The van der Waals surface area contributed by atoms with Crippen LogP contribution in [-0.2, 0) is 14.8 Å². The number of ether oxygens (including phenoxy) is 1. The van der Waals surface area contributed by atoms with E-state index in [4.69, 9.17) is 16.3 Å². The smallest absolute Gasteiger partial charge is 0.242 e. The molecule has 0 bridgehead atoms. The Bertz CT molecular complexity index is 547. The van der Waals surface area contributed by atoms with E-state index in [-0.39, 0.29) is 10.8 Å². The Labute approximate surface area is 116 Å². The van der Waals surface area contributed by atoms with Gasteiger partial charge in [0, 0.05) is 25.3 Å². The maximum Gasteiger partial charge on any atom is 0.242 e. The Balaban J connectivity index is 2.25. The van der Waals surface area contributed by atoms with Gasteiger partial charge in [0.05, 0.1) is 11.7 Å². The van der Waals surface area contributed by atoms with Crippen molar-refractivity contribution in [2.45, 2.75) is 23.3 Å². The minimum Gasteiger partial charge on any atom is -0.381 e. The quantitative estimate of drug-likeness (QED) is 0.851. The molecule has 0 atom stereocenters. The van der Waals surface area contributed by atoms with Crippen LogP contribution in [0.3, 0.4) is 0 Å². The Kier molecular flexibility index (Phi) is 4.39. The summed E-state index contributed by atoms with van der Waals surface area (Å²) in [6.45, 7) is 0.882. The summed E-state index contributed by atoms with van der Waals surface area (Å²) in [4.78, 5) is 3.34. The molecule has 0 aromatic carbocycles. The van der Waals surface area contributed by atoms with Crippen LogP contribution in [0.5, 0.6) is 0 Å². The zero-order valence-corrected chi connectivity index (χ0v) is 11.7. The molecular formula is C11H14ClFN2O3S. The van der Waals surface area contributed by atoms with Crippen LogP contribution < -0.4 is 4.72 Å². The van der Waals surface area contributed by atoms with Crippen LogP contribution in [0.4, 0.5) is 4.39 Å². The number of alkyl halides is 1. The van der Waals surface area contributed by atoms with E-state index in [9.17, 15) is 12.8 Å². The number of sulfonamides is 1. The molecule has 0 aliphatic carbocycles. The zero-order valence-electron chi connectivity index (χ0n) is 10.1. The monoisotopic (exact) mass is 308 g/mol. The third-order valence-electron chi connectivity index (χ3n) is 3.05. The second-order valence-electron chi connectivity index (χ2n) is 4.47. The first-order chi connectivity index (χ1) is 8.97. The molecule has 19 heavy (non-hydrogen) atoms. The lowest BCUT2D eigenvalue weighted by atomic mass is 9.94. The fraction of sp³-hybridized carbons (Fsp3) is 0.545. The van der Waals surface area contributed by atoms with Crippen molar-refractivity contribution in [1.82, 2.24) is 9.71 Å². The summed E-state index contributed by atoms with van der Waals surface area (Å²) in [6, 6.07) is 0.927. The van der Waals surface area contributed by atoms with Gasteiger partial charge in [-0.15, -0.1) is 11.6 Å². The van der Waals surface area contributed by atoms with E-state index in [0.717, 1.165) is 18.5 Å². The average molecular weight is 309 g/mol. The summed E-state index contributed by atoms with van der Waals surface area (Å²) in [7, 11) is -3.85. The SMILES string of the molecule is O=S(=O)(NC1(CCl)CCOCC1)c1cncc(F)c1. The Hall–Kier alpha value is -0.760. The fourth-order valence-electron chi connectivity index (χ4n) is 1.91. The predicted octanol–water partition coefficient (Wildman–Crippen LogP) is 1.29. The number of rotatable bonds is 4. The molecule has 2 rings (SSSR count). The maximum atomic E-state index is 13.1. The summed E-state index contributed by atoms with van der Waals surface area (Å²) in [5.74, 6) is -0.562. The van der Waals surface area contributed by atoms with Crippen LogP contribution in [0.1, 0.15) is 12.8 Å². The largest absolute Gasteiger partial charge is 0.381 e. The fourth-order valence-corrected chi connectivity index (χ4v) is 3.75. The van der Waals surface area contributed by atoms with Gasteiger partial charge < -0.3 is 4.74 Å². The lowest BCUT2D eigenvalue weighted by molar-refractivity contribution is 0.0549. The summed E-state index contributed by atoms with van der Waals surface area (Å²) in [5.41, 5.74) is -0.745. The third-order valence-corrected chi connectivity index (χ3v) is 5.10. The minimum atomic E-state index is -3.85. The van der Waals surface area contributed by atoms with Crippen molar-refractivity contribution >= 4 is 21.6 Å². The number of nitrogens with zero attached hydrogens (tertiary/aromatic N) is 1. The zero-order chi connectivity index (χ0) is 13.9. The number of aromatic nitrogens is 1. The van der Waals surface area contributed by atoms with Crippen LogP contribution >= 0.6 is 11.6 Å². The standard InChI is InChI=1S/C11H14ClFN2O3S/c12-8-11(1-3-18-4-2-11)15-19(16,17)10-5-9(13)6-14-7-10/h5-7,15H,1-4,8H2. The molecule has 0 saturated carbocycles. The van der Waals surface area contributed by atoms with Crippen molar-refractivity contribution in [3.8, 4) is 0 Å². The Morgan fingerprint density at radius 3 is 2.68 bits per heavy atom. The van der Waals surface area contributed by atoms with Gasteiger partial charge in [0.25, 0.3) is 0 Å². The predicted molar refractivity (Wildman–Crippen MR) is 68.0 cm³/mol. The van der Waals surface area contributed by atoms with Gasteiger partial charge in [-0.2, -0.15) is 0 Å². The van der Waals surface area contributed by atoms with Crippen LogP contribution in [0.15, 0.2) is 23.4 Å². The van der Waals surface area contributed by atoms with Crippen molar-refractivity contribution in [1.29, 1.82) is 0 Å². The van der Waals surface area contributed by atoms with E-state index in [2.05, 4.69) is 9.71 Å². The molecule has 0 spiro atoms. The van der Waals surface area contributed by atoms with E-state index in [1.807, 2.05) is 0 Å². The molecule has 0 unspecified atom stereocenters. The molecule has 106 valence electrons. The van der Waals surface area contributed by atoms with Crippen LogP contribution in [0.25, 0.3) is 0 Å². The van der Waals surface area contributed by atoms with Crippen molar-refractivity contribution in [2.24, 2.45) is 0 Å². The summed E-state index contributed by atoms with van der Waals surface area (Å²) < 4.78 is 45.2. The number of nitrogens with one attached hydrogen (secondary N) is 1. The number of pyridine rings is 1. The van der Waals surface area contributed by atoms with Gasteiger partial charge in [0.1, 0.15) is 10.7 Å². The topological polar surface area (TPSA) is 68.3 Å². The first-order valence-corrected chi connectivity index (χ1v) is 7.77. The summed E-state index contributed by atoms with van der Waals surface area (Å²) in [5, 5.41) is 0. The molecule has 0 radical (unpaired) electrons. The van der Waals surface area contributed by atoms with E-state index < -0.39 is 21.4 Å². The van der Waals surface area contributed by atoms with Gasteiger partial charge >= 0.3 is 0 Å². The average Bonchev–Trinajstić information content (AvgIpc) is 2.39. The van der Waals surface area contributed by atoms with E-state index in [1.165, 1.54) is 0 Å². The highest BCUT2D eigenvalue weighted by molar-refractivity contribution is 7.89. The number of halogens is 2. The molecule has 1 aliphatic heterocycles. The molecular weight excluding hydrogens is 295 g/mol. The van der Waals surface area contributed by atoms with E-state index in [1.54, 1.807) is 0 Å². The maximum absolute atomic E-state index is 13.1. The minimum absolute atomic E-state index is 0.137. The highest BCUT2D eigenvalue weighted by atomic mass is 35.5. The highest BCUT2D eigenvalue weighted by Gasteiger charge is 2.36. The van der Waals surface area contributed by atoms with Gasteiger partial charge in [-0.05, 0) is 18.9 Å². The molecule has 1 aliphatic rings. The van der Waals surface area contributed by atoms with Crippen molar-refractivity contribution in [3.63, 3.8) is 0 Å². The third kappa shape index (κ3) is 3.42. The molecule has 8 heteroatoms. The molecule has 1 N–H and O–H groups in total. The lowest BCUT2D eigenvalue weighted by Gasteiger charge is -2.35. The summed E-state index contributed by atoms with van der Waals surface area (Å²) >= 11 is 5.89. The van der Waals surface area contributed by atoms with Gasteiger partial charge in [-0.3, -0.25) is 4.98 Å². The van der Waals surface area contributed by atoms with Gasteiger partial charge in [-0.1, -0.05) is 0 Å². The van der Waals surface area contributed by atoms with Crippen molar-refractivity contribution in [2.75, 3.05) is 19.1 Å². The van der Waals surface area contributed by atoms with Crippen LogP contribution in [0.2, 0.25) is 0 Å². The van der Waals surface area contributed by atoms with Gasteiger partial charge in [0.15, 0.2) is 0 Å².